The molecule has 2 unspecified atom stereocenters. The predicted octanol–water partition coefficient (Wildman–Crippen LogP) is 1.52. The number of nitrogens with one attached hydrogen (secondary N) is 3. The van der Waals surface area contributed by atoms with Gasteiger partial charge in [-0.15, -0.1) is 0 Å². The van der Waals surface area contributed by atoms with Crippen LogP contribution >= 0.6 is 0 Å². The summed E-state index contributed by atoms with van der Waals surface area (Å²) in [5, 5.41) is 14.2. The highest BCUT2D eigenvalue weighted by Gasteiger charge is 2.39. The number of nitrogen functional groups attached to an aromatic ring is 1. The Hall–Kier alpha value is -2.67. The van der Waals surface area contributed by atoms with Gasteiger partial charge in [-0.1, -0.05) is 0 Å². The Morgan fingerprint density at radius 2 is 2.21 bits per heavy atom. The average Bonchev–Trinajstić information content (AvgIpc) is 2.84. The minimum Gasteiger partial charge on any atom is -0.398 e. The van der Waals surface area contributed by atoms with Crippen LogP contribution in [0.25, 0.3) is 0 Å². The highest BCUT2D eigenvalue weighted by Crippen LogP contribution is 2.28. The molecule has 0 radical (unpaired) electrons. The molecule has 0 bridgehead atoms. The highest BCUT2D eigenvalue weighted by atomic mass is 15.3. The summed E-state index contributed by atoms with van der Waals surface area (Å²) in [4.78, 5) is 11.5. The fourth-order valence-electron chi connectivity index (χ4n) is 3.30. The number of anilines is 4. The fraction of sp³-hybridized carbons (Fsp3) is 0.353. The Bertz CT molecular complexity index is 777. The second-order valence-electron chi connectivity index (χ2n) is 6.49. The fourth-order valence-corrected chi connectivity index (χ4v) is 3.30. The third-order valence-corrected chi connectivity index (χ3v) is 4.72. The van der Waals surface area contributed by atoms with Gasteiger partial charge >= 0.3 is 0 Å². The maximum atomic E-state index is 7.42. The Labute approximate surface area is 140 Å². The van der Waals surface area contributed by atoms with Crippen LogP contribution in [0, 0.1) is 18.3 Å². The molecule has 2 aromatic rings. The lowest BCUT2D eigenvalue weighted by molar-refractivity contribution is 0.297. The van der Waals surface area contributed by atoms with Crippen LogP contribution in [-0.2, 0) is 0 Å². The molecule has 0 spiro atoms. The van der Waals surface area contributed by atoms with Crippen molar-refractivity contribution in [1.29, 1.82) is 5.41 Å². The topological polar surface area (TPSA) is 103 Å². The van der Waals surface area contributed by atoms with Crippen molar-refractivity contribution in [3.63, 3.8) is 0 Å². The number of aromatic nitrogens is 2. The molecule has 7 heteroatoms. The first-order valence-corrected chi connectivity index (χ1v) is 8.13. The molecule has 2 saturated heterocycles. The number of benzene rings is 1. The van der Waals surface area contributed by atoms with Crippen molar-refractivity contribution in [1.82, 2.24) is 15.3 Å². The van der Waals surface area contributed by atoms with Crippen molar-refractivity contribution in [3.8, 4) is 0 Å². The molecule has 1 aromatic carbocycles. The van der Waals surface area contributed by atoms with Crippen LogP contribution in [0.2, 0.25) is 0 Å². The van der Waals surface area contributed by atoms with Crippen LogP contribution in [0.1, 0.15) is 11.3 Å². The van der Waals surface area contributed by atoms with Gasteiger partial charge < -0.3 is 26.7 Å². The van der Waals surface area contributed by atoms with Gasteiger partial charge in [0, 0.05) is 66.5 Å². The molecule has 0 saturated carbocycles. The number of aryl methyl sites for hydroxylation is 1. The smallest absolute Gasteiger partial charge is 0.227 e. The van der Waals surface area contributed by atoms with E-state index in [-0.39, 0.29) is 0 Å². The molecule has 2 fully saturated rings. The lowest BCUT2D eigenvalue weighted by Crippen LogP contribution is -2.51. The molecule has 2 aliphatic rings. The summed E-state index contributed by atoms with van der Waals surface area (Å²) in [6, 6.07) is 8.03. The number of rotatable bonds is 4. The van der Waals surface area contributed by atoms with Crippen LogP contribution in [-0.4, -0.2) is 41.9 Å². The predicted molar refractivity (Wildman–Crippen MR) is 96.3 cm³/mol. The molecular formula is C17H21N7. The van der Waals surface area contributed by atoms with E-state index in [1.165, 1.54) is 6.21 Å². The van der Waals surface area contributed by atoms with Crippen LogP contribution in [0.15, 0.2) is 24.3 Å². The van der Waals surface area contributed by atoms with Gasteiger partial charge in [0.25, 0.3) is 0 Å². The Morgan fingerprint density at radius 3 is 2.88 bits per heavy atom. The quantitative estimate of drug-likeness (QED) is 0.502. The first kappa shape index (κ1) is 14.9. The molecule has 0 amide bonds. The van der Waals surface area contributed by atoms with E-state index in [4.69, 9.17) is 11.1 Å². The SMILES string of the molecule is Cc1cc(Nc2ccc(N)c(C=N)c2)nc(N2CC3CNC3C2)n1. The van der Waals surface area contributed by atoms with Crippen molar-refractivity contribution >= 4 is 29.4 Å². The first-order chi connectivity index (χ1) is 11.6. The standard InChI is InChI=1S/C17H21N7/c1-10-4-16(22-13-2-3-14(19)11(5-13)6-18)23-17(21-10)24-8-12-7-20-15(12)9-24/h2-6,12,15,18,20H,7-9,19H2,1H3,(H,21,22,23). The summed E-state index contributed by atoms with van der Waals surface area (Å²) in [7, 11) is 0. The monoisotopic (exact) mass is 323 g/mol. The van der Waals surface area contributed by atoms with E-state index in [2.05, 4.69) is 25.5 Å². The van der Waals surface area contributed by atoms with Gasteiger partial charge in [-0.2, -0.15) is 4.98 Å². The van der Waals surface area contributed by atoms with Crippen molar-refractivity contribution in [2.75, 3.05) is 35.6 Å². The second-order valence-corrected chi connectivity index (χ2v) is 6.49. The molecule has 2 atom stereocenters. The van der Waals surface area contributed by atoms with E-state index in [9.17, 15) is 0 Å². The maximum absolute atomic E-state index is 7.42. The van der Waals surface area contributed by atoms with Gasteiger partial charge in [-0.3, -0.25) is 0 Å². The number of nitrogens with two attached hydrogens (primary N) is 1. The number of hydrogen-bond acceptors (Lipinski definition) is 7. The van der Waals surface area contributed by atoms with Crippen molar-refractivity contribution in [2.45, 2.75) is 13.0 Å². The second kappa shape index (κ2) is 5.76. The molecule has 24 heavy (non-hydrogen) atoms. The summed E-state index contributed by atoms with van der Waals surface area (Å²) < 4.78 is 0. The highest BCUT2D eigenvalue weighted by molar-refractivity contribution is 5.87. The lowest BCUT2D eigenvalue weighted by Gasteiger charge is -2.29. The lowest BCUT2D eigenvalue weighted by atomic mass is 9.96. The number of nitrogens with zero attached hydrogens (tertiary/aromatic N) is 3. The molecular weight excluding hydrogens is 302 g/mol. The Kier molecular flexibility index (Phi) is 3.57. The molecule has 2 aliphatic heterocycles. The largest absolute Gasteiger partial charge is 0.398 e. The molecule has 0 aliphatic carbocycles. The van der Waals surface area contributed by atoms with Gasteiger partial charge in [0.15, 0.2) is 0 Å². The van der Waals surface area contributed by atoms with Crippen LogP contribution in [0.4, 0.5) is 23.1 Å². The third kappa shape index (κ3) is 2.67. The maximum Gasteiger partial charge on any atom is 0.227 e. The third-order valence-electron chi connectivity index (χ3n) is 4.72. The van der Waals surface area contributed by atoms with Gasteiger partial charge in [-0.05, 0) is 25.1 Å². The van der Waals surface area contributed by atoms with Crippen LogP contribution in [0.3, 0.4) is 0 Å². The van der Waals surface area contributed by atoms with E-state index < -0.39 is 0 Å². The molecule has 7 nitrogen and oxygen atoms in total. The van der Waals surface area contributed by atoms with Gasteiger partial charge in [0.05, 0.1) is 0 Å². The molecule has 124 valence electrons. The summed E-state index contributed by atoms with van der Waals surface area (Å²) in [5.41, 5.74) is 8.90. The Morgan fingerprint density at radius 1 is 1.33 bits per heavy atom. The van der Waals surface area contributed by atoms with Crippen LogP contribution < -0.4 is 21.3 Å². The van der Waals surface area contributed by atoms with Crippen LogP contribution in [0.5, 0.6) is 0 Å². The summed E-state index contributed by atoms with van der Waals surface area (Å²) >= 11 is 0. The minimum atomic E-state index is 0.581. The summed E-state index contributed by atoms with van der Waals surface area (Å²) in [6.45, 7) is 5.05. The number of fused-ring (bicyclic) bond motifs is 1. The van der Waals surface area contributed by atoms with Gasteiger partial charge in [0.1, 0.15) is 5.82 Å². The summed E-state index contributed by atoms with van der Waals surface area (Å²) in [5.74, 6) is 2.25. The molecule has 3 heterocycles. The van der Waals surface area contributed by atoms with E-state index in [0.717, 1.165) is 48.7 Å². The summed E-state index contributed by atoms with van der Waals surface area (Å²) in [6.07, 6.45) is 1.25. The number of hydrogen-bond donors (Lipinski definition) is 4. The minimum absolute atomic E-state index is 0.581. The van der Waals surface area contributed by atoms with E-state index >= 15 is 0 Å². The zero-order chi connectivity index (χ0) is 16.7. The average molecular weight is 323 g/mol. The van der Waals surface area contributed by atoms with Crippen molar-refractivity contribution < 1.29 is 0 Å². The normalized spacial score (nSPS) is 22.0. The zero-order valence-corrected chi connectivity index (χ0v) is 13.6. The van der Waals surface area contributed by atoms with E-state index in [1.807, 2.05) is 25.1 Å². The van der Waals surface area contributed by atoms with Gasteiger partial charge in [-0.25, -0.2) is 4.98 Å². The van der Waals surface area contributed by atoms with E-state index in [1.54, 1.807) is 6.07 Å². The van der Waals surface area contributed by atoms with Crippen molar-refractivity contribution in [3.05, 3.63) is 35.5 Å². The van der Waals surface area contributed by atoms with E-state index in [0.29, 0.717) is 17.3 Å². The first-order valence-electron chi connectivity index (χ1n) is 8.13. The molecule has 5 N–H and O–H groups in total. The molecule has 1 aromatic heterocycles. The van der Waals surface area contributed by atoms with Gasteiger partial charge in [0.2, 0.25) is 5.95 Å². The Balaban J connectivity index is 1.58. The van der Waals surface area contributed by atoms with Crippen molar-refractivity contribution in [2.24, 2.45) is 5.92 Å². The molecule has 4 rings (SSSR count). The zero-order valence-electron chi connectivity index (χ0n) is 13.6.